The van der Waals surface area contributed by atoms with Gasteiger partial charge in [0.05, 0.1) is 5.55 Å². The van der Waals surface area contributed by atoms with Crippen molar-refractivity contribution in [2.75, 3.05) is 0 Å². The van der Waals surface area contributed by atoms with Gasteiger partial charge in [0.1, 0.15) is 0 Å². The second-order valence-electron chi connectivity index (χ2n) is 1.14. The molecule has 0 saturated heterocycles. The van der Waals surface area contributed by atoms with Crippen LogP contribution in [0.25, 0.3) is 0 Å². The molecule has 0 bridgehead atoms. The summed E-state index contributed by atoms with van der Waals surface area (Å²) in [5, 5.41) is 6.63. The topological polar surface area (TPSA) is 23.9 Å². The van der Waals surface area contributed by atoms with Gasteiger partial charge in [-0.3, -0.25) is 0 Å². The zero-order chi connectivity index (χ0) is 5.70. The normalized spacial score (nSPS) is 11.4. The Balaban J connectivity index is 3.36. The van der Waals surface area contributed by atoms with Crippen molar-refractivity contribution >= 4 is 17.3 Å². The minimum atomic E-state index is 1.18. The van der Waals surface area contributed by atoms with Crippen molar-refractivity contribution < 1.29 is 0 Å². The van der Waals surface area contributed by atoms with Crippen molar-refractivity contribution in [3.63, 3.8) is 0 Å². The molecule has 0 rings (SSSR count). The Hall–Kier alpha value is -0.240. The van der Waals surface area contributed by atoms with E-state index in [2.05, 4.69) is 0 Å². The van der Waals surface area contributed by atoms with Gasteiger partial charge in [-0.2, -0.15) is 0 Å². The summed E-state index contributed by atoms with van der Waals surface area (Å²) < 4.78 is 0. The van der Waals surface area contributed by atoms with Crippen molar-refractivity contribution in [1.29, 1.82) is 5.41 Å². The van der Waals surface area contributed by atoms with Crippen molar-refractivity contribution in [1.82, 2.24) is 0 Å². The van der Waals surface area contributed by atoms with E-state index in [1.807, 2.05) is 19.9 Å². The van der Waals surface area contributed by atoms with Gasteiger partial charge in [-0.25, -0.2) is 0 Å². The van der Waals surface area contributed by atoms with Crippen molar-refractivity contribution in [2.24, 2.45) is 0 Å². The predicted molar refractivity (Wildman–Crippen MR) is 35.8 cm³/mol. The number of allylic oxidation sites excluding steroid dienone is 2. The average molecular weight is 115 g/mol. The first kappa shape index (κ1) is 6.76. The molecule has 0 atom stereocenters. The maximum absolute atomic E-state index is 6.63. The molecule has 0 spiro atoms. The van der Waals surface area contributed by atoms with Gasteiger partial charge in [-0.05, 0) is 18.8 Å². The number of nitrogens with one attached hydrogen (secondary N) is 1. The molecule has 0 amide bonds. The third-order valence-electron chi connectivity index (χ3n) is 0.651. The Morgan fingerprint density at radius 2 is 2.29 bits per heavy atom. The summed E-state index contributed by atoms with van der Waals surface area (Å²) in [4.78, 5) is 1.18. The van der Waals surface area contributed by atoms with Crippen LogP contribution in [0.1, 0.15) is 13.8 Å². The van der Waals surface area contributed by atoms with Gasteiger partial charge in [0.25, 0.3) is 0 Å². The molecule has 2 heteroatoms. The lowest BCUT2D eigenvalue weighted by Gasteiger charge is -1.85. The second-order valence-corrected chi connectivity index (χ2v) is 2.25. The van der Waals surface area contributed by atoms with Gasteiger partial charge in [0, 0.05) is 0 Å². The molecule has 1 N–H and O–H groups in total. The van der Waals surface area contributed by atoms with Crippen LogP contribution in [0.5, 0.6) is 0 Å². The van der Waals surface area contributed by atoms with E-state index in [1.54, 1.807) is 0 Å². The molecule has 0 unspecified atom stereocenters. The highest BCUT2D eigenvalue weighted by molar-refractivity contribution is 8.15. The SMILES string of the molecule is CC=C(C)SC=N. The molecule has 0 radical (unpaired) electrons. The molecule has 40 valence electrons. The first-order valence-electron chi connectivity index (χ1n) is 2.09. The van der Waals surface area contributed by atoms with Crippen LogP contribution in [0.15, 0.2) is 11.0 Å². The number of hydrogen-bond donors (Lipinski definition) is 1. The Labute approximate surface area is 48.3 Å². The molecule has 0 saturated carbocycles. The summed E-state index contributed by atoms with van der Waals surface area (Å²) in [6, 6.07) is 0. The number of hydrogen-bond acceptors (Lipinski definition) is 2. The highest BCUT2D eigenvalue weighted by atomic mass is 32.2. The molecule has 0 heterocycles. The summed E-state index contributed by atoms with van der Waals surface area (Å²) in [6.45, 7) is 3.95. The molecule has 0 aromatic carbocycles. The highest BCUT2D eigenvalue weighted by Crippen LogP contribution is 2.08. The maximum atomic E-state index is 6.63. The van der Waals surface area contributed by atoms with Crippen LogP contribution in [-0.2, 0) is 0 Å². The minimum Gasteiger partial charge on any atom is -0.302 e. The van der Waals surface area contributed by atoms with Crippen LogP contribution >= 0.6 is 11.8 Å². The quantitative estimate of drug-likeness (QED) is 0.433. The van der Waals surface area contributed by atoms with Crippen LogP contribution in [-0.4, -0.2) is 5.55 Å². The van der Waals surface area contributed by atoms with Gasteiger partial charge in [0.2, 0.25) is 0 Å². The summed E-state index contributed by atoms with van der Waals surface area (Å²) >= 11 is 1.43. The Morgan fingerprint density at radius 3 is 2.43 bits per heavy atom. The van der Waals surface area contributed by atoms with E-state index < -0.39 is 0 Å². The van der Waals surface area contributed by atoms with E-state index in [0.717, 1.165) is 0 Å². The van der Waals surface area contributed by atoms with E-state index in [9.17, 15) is 0 Å². The molecule has 7 heavy (non-hydrogen) atoms. The van der Waals surface area contributed by atoms with Gasteiger partial charge >= 0.3 is 0 Å². The summed E-state index contributed by atoms with van der Waals surface area (Å²) in [5.41, 5.74) is 1.33. The fourth-order valence-electron chi connectivity index (χ4n) is 0.161. The molecular weight excluding hydrogens is 106 g/mol. The maximum Gasteiger partial charge on any atom is 0.0551 e. The number of rotatable bonds is 2. The van der Waals surface area contributed by atoms with E-state index in [4.69, 9.17) is 5.41 Å². The van der Waals surface area contributed by atoms with Gasteiger partial charge in [-0.1, -0.05) is 17.8 Å². The molecule has 0 aliphatic carbocycles. The van der Waals surface area contributed by atoms with Gasteiger partial charge in [0.15, 0.2) is 0 Å². The molecular formula is C5H9NS. The molecule has 0 aliphatic rings. The fourth-order valence-corrected chi connectivity index (χ4v) is 0.483. The summed E-state index contributed by atoms with van der Waals surface area (Å²) in [5.74, 6) is 0. The smallest absolute Gasteiger partial charge is 0.0551 e. The second kappa shape index (κ2) is 3.93. The lowest BCUT2D eigenvalue weighted by Crippen LogP contribution is -1.61. The van der Waals surface area contributed by atoms with E-state index in [-0.39, 0.29) is 0 Å². The Morgan fingerprint density at radius 1 is 1.71 bits per heavy atom. The minimum absolute atomic E-state index is 1.18. The Bertz CT molecular complexity index is 86.1. The van der Waals surface area contributed by atoms with Crippen LogP contribution in [0.2, 0.25) is 0 Å². The number of thioether (sulfide) groups is 1. The molecule has 1 nitrogen and oxygen atoms in total. The highest BCUT2D eigenvalue weighted by Gasteiger charge is 1.77. The van der Waals surface area contributed by atoms with Gasteiger partial charge in [-0.15, -0.1) is 0 Å². The summed E-state index contributed by atoms with van der Waals surface area (Å²) in [6.07, 6.45) is 1.98. The Kier molecular flexibility index (Phi) is 3.80. The molecule has 0 fully saturated rings. The van der Waals surface area contributed by atoms with Gasteiger partial charge < -0.3 is 5.41 Å². The van der Waals surface area contributed by atoms with Crippen LogP contribution in [0.4, 0.5) is 0 Å². The van der Waals surface area contributed by atoms with E-state index in [0.29, 0.717) is 0 Å². The zero-order valence-corrected chi connectivity index (χ0v) is 5.38. The zero-order valence-electron chi connectivity index (χ0n) is 4.56. The monoisotopic (exact) mass is 115 g/mol. The summed E-state index contributed by atoms with van der Waals surface area (Å²) in [7, 11) is 0. The molecule has 0 aromatic rings. The van der Waals surface area contributed by atoms with E-state index in [1.165, 1.54) is 22.2 Å². The van der Waals surface area contributed by atoms with Crippen molar-refractivity contribution in [3.05, 3.63) is 11.0 Å². The first-order chi connectivity index (χ1) is 3.31. The fraction of sp³-hybridized carbons (Fsp3) is 0.400. The van der Waals surface area contributed by atoms with Crippen LogP contribution in [0.3, 0.4) is 0 Å². The lowest BCUT2D eigenvalue weighted by atomic mass is 10.6. The standard InChI is InChI=1S/C5H9NS/c1-3-5(2)7-4-6/h3-4,6H,1-2H3. The lowest BCUT2D eigenvalue weighted by molar-refractivity contribution is 1.58. The third kappa shape index (κ3) is 3.59. The van der Waals surface area contributed by atoms with Crippen LogP contribution < -0.4 is 0 Å². The largest absolute Gasteiger partial charge is 0.302 e. The van der Waals surface area contributed by atoms with Crippen molar-refractivity contribution in [2.45, 2.75) is 13.8 Å². The van der Waals surface area contributed by atoms with E-state index >= 15 is 0 Å². The average Bonchev–Trinajstić information content (AvgIpc) is 1.68. The van der Waals surface area contributed by atoms with Crippen molar-refractivity contribution in [3.8, 4) is 0 Å². The van der Waals surface area contributed by atoms with Crippen LogP contribution in [0, 0.1) is 5.41 Å². The molecule has 0 aliphatic heterocycles. The predicted octanol–water partition coefficient (Wildman–Crippen LogP) is 2.25. The first-order valence-corrected chi connectivity index (χ1v) is 2.97. The third-order valence-corrected chi connectivity index (χ3v) is 1.38. The molecule has 0 aromatic heterocycles.